The number of aliphatic hydroxyl groups is 1. The Balaban J connectivity index is 1.26. The minimum absolute atomic E-state index is 0.336. The van der Waals surface area contributed by atoms with E-state index in [1.54, 1.807) is 0 Å². The molecule has 4 nitrogen and oxygen atoms in total. The van der Waals surface area contributed by atoms with Gasteiger partial charge in [0, 0.05) is 12.5 Å². The number of rotatable bonds is 6. The number of thiazole rings is 1. The molecule has 0 spiro atoms. The molecule has 1 saturated heterocycles. The van der Waals surface area contributed by atoms with E-state index in [4.69, 9.17) is 9.72 Å². The largest absolute Gasteiger partial charge is 0.491 e. The third kappa shape index (κ3) is 4.49. The van der Waals surface area contributed by atoms with Gasteiger partial charge in [-0.3, -0.25) is 0 Å². The molecule has 1 fully saturated rings. The Morgan fingerprint density at radius 1 is 1.15 bits per heavy atom. The Hall–Kier alpha value is -1.95. The lowest BCUT2D eigenvalue weighted by Gasteiger charge is -2.32. The van der Waals surface area contributed by atoms with Crippen LogP contribution in [0.1, 0.15) is 29.3 Å². The molecule has 1 N–H and O–H groups in total. The number of para-hydroxylation sites is 2. The molecule has 142 valence electrons. The molecule has 0 amide bonds. The van der Waals surface area contributed by atoms with E-state index in [0.29, 0.717) is 19.1 Å². The monoisotopic (exact) mass is 382 g/mol. The van der Waals surface area contributed by atoms with Gasteiger partial charge in [-0.05, 0) is 56.6 Å². The lowest BCUT2D eigenvalue weighted by molar-refractivity contribution is 0.0592. The molecule has 2 heterocycles. The van der Waals surface area contributed by atoms with Crippen LogP contribution in [0.25, 0.3) is 10.2 Å². The number of hydrogen-bond donors (Lipinski definition) is 1. The smallest absolute Gasteiger partial charge is 0.122 e. The number of hydrogen-bond acceptors (Lipinski definition) is 5. The standard InChI is InChI=1S/C22H26N2O2S/c1-16-6-2-4-8-20(16)26-15-18(25)14-24-12-10-17(11-13-24)22-23-19-7-3-5-9-21(19)27-22/h2-9,17-18,25H,10-15H2,1H3/t18-/m1/s1. The van der Waals surface area contributed by atoms with Crippen molar-refractivity contribution in [1.82, 2.24) is 9.88 Å². The van der Waals surface area contributed by atoms with E-state index in [1.165, 1.54) is 9.71 Å². The Morgan fingerprint density at radius 3 is 2.67 bits per heavy atom. The number of fused-ring (bicyclic) bond motifs is 1. The van der Waals surface area contributed by atoms with Crippen LogP contribution in [-0.4, -0.2) is 47.3 Å². The van der Waals surface area contributed by atoms with Gasteiger partial charge in [0.25, 0.3) is 0 Å². The normalized spacial score (nSPS) is 17.3. The van der Waals surface area contributed by atoms with Gasteiger partial charge in [-0.1, -0.05) is 30.3 Å². The topological polar surface area (TPSA) is 45.6 Å². The molecule has 0 saturated carbocycles. The molecule has 3 aromatic rings. The molecule has 1 aromatic heterocycles. The number of ether oxygens (including phenoxy) is 1. The van der Waals surface area contributed by atoms with E-state index in [1.807, 2.05) is 42.5 Å². The van der Waals surface area contributed by atoms with Gasteiger partial charge in [-0.25, -0.2) is 4.98 Å². The van der Waals surface area contributed by atoms with Crippen LogP contribution in [0.2, 0.25) is 0 Å². The number of likely N-dealkylation sites (tertiary alicyclic amines) is 1. The van der Waals surface area contributed by atoms with E-state index < -0.39 is 6.10 Å². The van der Waals surface area contributed by atoms with Crippen LogP contribution >= 0.6 is 11.3 Å². The Bertz CT molecular complexity index is 854. The number of benzene rings is 2. The highest BCUT2D eigenvalue weighted by Gasteiger charge is 2.24. The number of aromatic nitrogens is 1. The lowest BCUT2D eigenvalue weighted by Crippen LogP contribution is -2.40. The van der Waals surface area contributed by atoms with Crippen LogP contribution in [0.4, 0.5) is 0 Å². The van der Waals surface area contributed by atoms with Crippen molar-refractivity contribution in [3.8, 4) is 5.75 Å². The molecular weight excluding hydrogens is 356 g/mol. The van der Waals surface area contributed by atoms with Crippen molar-refractivity contribution in [2.45, 2.75) is 31.8 Å². The van der Waals surface area contributed by atoms with E-state index >= 15 is 0 Å². The summed E-state index contributed by atoms with van der Waals surface area (Å²) < 4.78 is 7.06. The highest BCUT2D eigenvalue weighted by atomic mass is 32.1. The summed E-state index contributed by atoms with van der Waals surface area (Å²) in [7, 11) is 0. The number of piperidine rings is 1. The highest BCUT2D eigenvalue weighted by molar-refractivity contribution is 7.18. The molecule has 1 aliphatic rings. The molecule has 2 aromatic carbocycles. The van der Waals surface area contributed by atoms with Gasteiger partial charge in [0.15, 0.2) is 0 Å². The SMILES string of the molecule is Cc1ccccc1OC[C@H](O)CN1CCC(c2nc3ccccc3s2)CC1. The molecular formula is C22H26N2O2S. The molecule has 4 rings (SSSR count). The molecule has 0 bridgehead atoms. The van der Waals surface area contributed by atoms with Crippen molar-refractivity contribution in [3.63, 3.8) is 0 Å². The fraction of sp³-hybridized carbons (Fsp3) is 0.409. The first-order valence-electron chi connectivity index (χ1n) is 9.63. The van der Waals surface area contributed by atoms with Crippen LogP contribution in [0, 0.1) is 6.92 Å². The van der Waals surface area contributed by atoms with Gasteiger partial charge in [-0.15, -0.1) is 11.3 Å². The number of aryl methyl sites for hydroxylation is 1. The van der Waals surface area contributed by atoms with Gasteiger partial charge in [0.05, 0.1) is 15.2 Å². The minimum atomic E-state index is -0.469. The molecule has 0 radical (unpaired) electrons. The first kappa shape index (κ1) is 18.4. The highest BCUT2D eigenvalue weighted by Crippen LogP contribution is 2.33. The first-order valence-corrected chi connectivity index (χ1v) is 10.4. The fourth-order valence-electron chi connectivity index (χ4n) is 3.68. The van der Waals surface area contributed by atoms with Crippen molar-refractivity contribution in [3.05, 3.63) is 59.1 Å². The number of aliphatic hydroxyl groups excluding tert-OH is 1. The summed E-state index contributed by atoms with van der Waals surface area (Å²) in [5, 5.41) is 11.6. The zero-order valence-corrected chi connectivity index (χ0v) is 16.5. The molecule has 1 aliphatic heterocycles. The Morgan fingerprint density at radius 2 is 1.89 bits per heavy atom. The van der Waals surface area contributed by atoms with E-state index in [2.05, 4.69) is 29.2 Å². The summed E-state index contributed by atoms with van der Waals surface area (Å²) >= 11 is 1.83. The second-order valence-corrected chi connectivity index (χ2v) is 8.39. The van der Waals surface area contributed by atoms with Crippen LogP contribution in [-0.2, 0) is 0 Å². The summed E-state index contributed by atoms with van der Waals surface area (Å²) in [6.07, 6.45) is 1.74. The zero-order chi connectivity index (χ0) is 18.6. The molecule has 27 heavy (non-hydrogen) atoms. The molecule has 0 aliphatic carbocycles. The summed E-state index contributed by atoms with van der Waals surface area (Å²) in [5.41, 5.74) is 2.21. The average Bonchev–Trinajstić information content (AvgIpc) is 3.12. The predicted molar refractivity (Wildman–Crippen MR) is 111 cm³/mol. The van der Waals surface area contributed by atoms with Crippen LogP contribution in [0.15, 0.2) is 48.5 Å². The predicted octanol–water partition coefficient (Wildman–Crippen LogP) is 4.22. The second-order valence-electron chi connectivity index (χ2n) is 7.33. The van der Waals surface area contributed by atoms with Crippen molar-refractivity contribution >= 4 is 21.6 Å². The second kappa shape index (κ2) is 8.38. The quantitative estimate of drug-likeness (QED) is 0.693. The summed E-state index contributed by atoms with van der Waals surface area (Å²) in [5.74, 6) is 1.39. The molecule has 0 unspecified atom stereocenters. The Labute approximate surface area is 164 Å². The maximum Gasteiger partial charge on any atom is 0.122 e. The van der Waals surface area contributed by atoms with Crippen LogP contribution in [0.5, 0.6) is 5.75 Å². The number of nitrogens with zero attached hydrogens (tertiary/aromatic N) is 2. The molecule has 5 heteroatoms. The van der Waals surface area contributed by atoms with E-state index in [9.17, 15) is 5.11 Å². The van der Waals surface area contributed by atoms with Gasteiger partial charge in [-0.2, -0.15) is 0 Å². The fourth-order valence-corrected chi connectivity index (χ4v) is 4.82. The minimum Gasteiger partial charge on any atom is -0.491 e. The van der Waals surface area contributed by atoms with Crippen molar-refractivity contribution in [1.29, 1.82) is 0 Å². The third-order valence-electron chi connectivity index (χ3n) is 5.24. The van der Waals surface area contributed by atoms with Gasteiger partial charge >= 0.3 is 0 Å². The Kier molecular flexibility index (Phi) is 5.72. The number of β-amino-alcohol motifs (C(OH)–C–C–N with tert-alkyl or cyclic N) is 1. The summed E-state index contributed by atoms with van der Waals surface area (Å²) in [6.45, 7) is 5.03. The van der Waals surface area contributed by atoms with Gasteiger partial charge in [0.1, 0.15) is 18.5 Å². The zero-order valence-electron chi connectivity index (χ0n) is 15.7. The summed E-state index contributed by atoms with van der Waals surface area (Å²) in [4.78, 5) is 7.17. The van der Waals surface area contributed by atoms with Crippen LogP contribution in [0.3, 0.4) is 0 Å². The van der Waals surface area contributed by atoms with E-state index in [-0.39, 0.29) is 0 Å². The van der Waals surface area contributed by atoms with Gasteiger partial charge < -0.3 is 14.7 Å². The first-order chi connectivity index (χ1) is 13.2. The van der Waals surface area contributed by atoms with Gasteiger partial charge in [0.2, 0.25) is 0 Å². The van der Waals surface area contributed by atoms with E-state index in [0.717, 1.165) is 42.8 Å². The van der Waals surface area contributed by atoms with Crippen molar-refractivity contribution in [2.24, 2.45) is 0 Å². The van der Waals surface area contributed by atoms with Crippen molar-refractivity contribution < 1.29 is 9.84 Å². The maximum atomic E-state index is 10.4. The summed E-state index contributed by atoms with van der Waals surface area (Å²) in [6, 6.07) is 16.3. The lowest BCUT2D eigenvalue weighted by atomic mass is 9.97. The maximum absolute atomic E-state index is 10.4. The third-order valence-corrected chi connectivity index (χ3v) is 6.44. The van der Waals surface area contributed by atoms with Crippen LogP contribution < -0.4 is 4.74 Å². The van der Waals surface area contributed by atoms with Crippen molar-refractivity contribution in [2.75, 3.05) is 26.2 Å². The average molecular weight is 383 g/mol. The molecule has 1 atom stereocenters.